The lowest BCUT2D eigenvalue weighted by Crippen LogP contribution is -2.44. The van der Waals surface area contributed by atoms with Crippen molar-refractivity contribution in [2.75, 3.05) is 7.11 Å². The van der Waals surface area contributed by atoms with Crippen LogP contribution in [0.15, 0.2) is 4.47 Å². The second-order valence-corrected chi connectivity index (χ2v) is 6.81. The number of benzene rings is 1. The molecule has 0 spiro atoms. The van der Waals surface area contributed by atoms with E-state index in [1.807, 2.05) is 0 Å². The molecular weight excluding hydrogens is 302 g/mol. The fourth-order valence-corrected chi connectivity index (χ4v) is 4.53. The van der Waals surface area contributed by atoms with Crippen LogP contribution in [0, 0.1) is 6.92 Å². The minimum Gasteiger partial charge on any atom is -0.495 e. The van der Waals surface area contributed by atoms with Crippen LogP contribution in [-0.2, 0) is 18.4 Å². The molecule has 3 rings (SSSR count). The Bertz CT molecular complexity index is 520. The molecule has 1 saturated carbocycles. The van der Waals surface area contributed by atoms with Gasteiger partial charge in [0.2, 0.25) is 0 Å². The molecule has 2 nitrogen and oxygen atoms in total. The van der Waals surface area contributed by atoms with Crippen LogP contribution in [0.2, 0.25) is 0 Å². The van der Waals surface area contributed by atoms with Crippen molar-refractivity contribution in [1.29, 1.82) is 0 Å². The second kappa shape index (κ2) is 4.78. The molecule has 2 N–H and O–H groups in total. The van der Waals surface area contributed by atoms with Gasteiger partial charge in [0.15, 0.2) is 0 Å². The van der Waals surface area contributed by atoms with Crippen molar-refractivity contribution < 1.29 is 4.74 Å². The van der Waals surface area contributed by atoms with E-state index in [4.69, 9.17) is 10.5 Å². The molecule has 3 heteroatoms. The molecule has 0 amide bonds. The number of halogens is 1. The SMILES string of the molecule is COc1c(Br)c2c(c(C)c1C1(N)CCC1)CCCC2. The molecule has 0 atom stereocenters. The van der Waals surface area contributed by atoms with Crippen molar-refractivity contribution in [1.82, 2.24) is 0 Å². The van der Waals surface area contributed by atoms with Crippen molar-refractivity contribution in [3.05, 3.63) is 26.7 Å². The standard InChI is InChI=1S/C16H22BrNO/c1-10-11-6-3-4-7-12(11)14(17)15(19-2)13(10)16(18)8-5-9-16/h3-9,18H2,1-2H3. The Kier molecular flexibility index (Phi) is 3.38. The third-order valence-electron chi connectivity index (χ3n) is 4.93. The summed E-state index contributed by atoms with van der Waals surface area (Å²) < 4.78 is 6.87. The maximum atomic E-state index is 6.60. The minimum atomic E-state index is -0.162. The van der Waals surface area contributed by atoms with Crippen LogP contribution < -0.4 is 10.5 Å². The van der Waals surface area contributed by atoms with E-state index in [0.29, 0.717) is 0 Å². The number of hydrogen-bond donors (Lipinski definition) is 1. The van der Waals surface area contributed by atoms with Gasteiger partial charge in [-0.2, -0.15) is 0 Å². The Balaban J connectivity index is 2.25. The fourth-order valence-electron chi connectivity index (χ4n) is 3.73. The topological polar surface area (TPSA) is 35.2 Å². The maximum Gasteiger partial charge on any atom is 0.138 e. The lowest BCUT2D eigenvalue weighted by molar-refractivity contribution is 0.241. The molecule has 2 aliphatic rings. The summed E-state index contributed by atoms with van der Waals surface area (Å²) in [6.07, 6.45) is 8.31. The molecule has 0 unspecified atom stereocenters. The first kappa shape index (κ1) is 13.4. The Hall–Kier alpha value is -0.540. The first-order valence-electron chi connectivity index (χ1n) is 7.25. The Morgan fingerprint density at radius 1 is 1.11 bits per heavy atom. The summed E-state index contributed by atoms with van der Waals surface area (Å²) in [7, 11) is 1.76. The number of fused-ring (bicyclic) bond motifs is 1. The van der Waals surface area contributed by atoms with E-state index < -0.39 is 0 Å². The molecule has 19 heavy (non-hydrogen) atoms. The summed E-state index contributed by atoms with van der Waals surface area (Å²) in [5.41, 5.74) is 12.1. The van der Waals surface area contributed by atoms with Gasteiger partial charge in [0.1, 0.15) is 5.75 Å². The third-order valence-corrected chi connectivity index (χ3v) is 5.77. The first-order chi connectivity index (χ1) is 9.08. The summed E-state index contributed by atoms with van der Waals surface area (Å²) >= 11 is 3.78. The molecule has 104 valence electrons. The van der Waals surface area contributed by atoms with Crippen LogP contribution in [-0.4, -0.2) is 7.11 Å². The number of nitrogens with two attached hydrogens (primary N) is 1. The van der Waals surface area contributed by atoms with Gasteiger partial charge in [0.25, 0.3) is 0 Å². The first-order valence-corrected chi connectivity index (χ1v) is 8.05. The largest absolute Gasteiger partial charge is 0.495 e. The number of rotatable bonds is 2. The van der Waals surface area contributed by atoms with E-state index in [1.54, 1.807) is 7.11 Å². The second-order valence-electron chi connectivity index (χ2n) is 6.02. The molecule has 1 aromatic carbocycles. The normalized spacial score (nSPS) is 20.6. The van der Waals surface area contributed by atoms with Gasteiger partial charge in [-0.25, -0.2) is 0 Å². The fraction of sp³-hybridized carbons (Fsp3) is 0.625. The number of hydrogen-bond acceptors (Lipinski definition) is 2. The van der Waals surface area contributed by atoms with Gasteiger partial charge in [-0.3, -0.25) is 0 Å². The highest BCUT2D eigenvalue weighted by Gasteiger charge is 2.40. The Morgan fingerprint density at radius 3 is 2.26 bits per heavy atom. The molecule has 1 fully saturated rings. The van der Waals surface area contributed by atoms with Gasteiger partial charge in [0.05, 0.1) is 11.6 Å². The molecular formula is C16H22BrNO. The van der Waals surface area contributed by atoms with Crippen molar-refractivity contribution in [3.8, 4) is 5.75 Å². The molecule has 0 heterocycles. The smallest absolute Gasteiger partial charge is 0.138 e. The quantitative estimate of drug-likeness (QED) is 0.893. The Morgan fingerprint density at radius 2 is 1.74 bits per heavy atom. The van der Waals surface area contributed by atoms with E-state index in [2.05, 4.69) is 22.9 Å². The zero-order valence-corrected chi connectivity index (χ0v) is 13.4. The van der Waals surface area contributed by atoms with E-state index in [0.717, 1.165) is 29.5 Å². The highest BCUT2D eigenvalue weighted by atomic mass is 79.9. The number of ether oxygens (including phenoxy) is 1. The van der Waals surface area contributed by atoms with Crippen molar-refractivity contribution in [3.63, 3.8) is 0 Å². The van der Waals surface area contributed by atoms with E-state index in [9.17, 15) is 0 Å². The van der Waals surface area contributed by atoms with Crippen LogP contribution in [0.3, 0.4) is 0 Å². The zero-order valence-electron chi connectivity index (χ0n) is 11.8. The van der Waals surface area contributed by atoms with Gasteiger partial charge in [-0.15, -0.1) is 0 Å². The van der Waals surface area contributed by atoms with Gasteiger partial charge in [-0.1, -0.05) is 0 Å². The van der Waals surface area contributed by atoms with Crippen molar-refractivity contribution in [2.24, 2.45) is 5.73 Å². The Labute approximate surface area is 123 Å². The van der Waals surface area contributed by atoms with Crippen molar-refractivity contribution >= 4 is 15.9 Å². The zero-order chi connectivity index (χ0) is 13.6. The summed E-state index contributed by atoms with van der Waals surface area (Å²) in [4.78, 5) is 0. The summed E-state index contributed by atoms with van der Waals surface area (Å²) in [6, 6.07) is 0. The average molecular weight is 324 g/mol. The van der Waals surface area contributed by atoms with Crippen LogP contribution in [0.25, 0.3) is 0 Å². The van der Waals surface area contributed by atoms with Crippen LogP contribution in [0.5, 0.6) is 5.75 Å². The van der Waals surface area contributed by atoms with E-state index in [-0.39, 0.29) is 5.54 Å². The lowest BCUT2D eigenvalue weighted by Gasteiger charge is -2.42. The highest BCUT2D eigenvalue weighted by molar-refractivity contribution is 9.10. The lowest BCUT2D eigenvalue weighted by atomic mass is 9.69. The minimum absolute atomic E-state index is 0.162. The van der Waals surface area contributed by atoms with Gasteiger partial charge < -0.3 is 10.5 Å². The third kappa shape index (κ3) is 1.93. The van der Waals surface area contributed by atoms with Crippen LogP contribution in [0.4, 0.5) is 0 Å². The highest BCUT2D eigenvalue weighted by Crippen LogP contribution is 2.50. The molecule has 1 aromatic rings. The maximum absolute atomic E-state index is 6.60. The van der Waals surface area contributed by atoms with Gasteiger partial charge >= 0.3 is 0 Å². The predicted molar refractivity (Wildman–Crippen MR) is 81.8 cm³/mol. The number of methoxy groups -OCH3 is 1. The summed E-state index contributed by atoms with van der Waals surface area (Å²) in [5, 5.41) is 0. The molecule has 0 aromatic heterocycles. The van der Waals surface area contributed by atoms with Crippen LogP contribution >= 0.6 is 15.9 Å². The van der Waals surface area contributed by atoms with Gasteiger partial charge in [0, 0.05) is 11.1 Å². The molecule has 0 saturated heterocycles. The predicted octanol–water partition coefficient (Wildman–Crippen LogP) is 3.98. The van der Waals surface area contributed by atoms with Crippen molar-refractivity contribution in [2.45, 2.75) is 57.4 Å². The van der Waals surface area contributed by atoms with Crippen LogP contribution in [0.1, 0.15) is 54.4 Å². The molecule has 0 bridgehead atoms. The summed E-state index contributed by atoms with van der Waals surface area (Å²) in [6.45, 7) is 2.24. The average Bonchev–Trinajstić information content (AvgIpc) is 2.40. The molecule has 0 aliphatic heterocycles. The molecule has 0 radical (unpaired) electrons. The van der Waals surface area contributed by atoms with E-state index >= 15 is 0 Å². The van der Waals surface area contributed by atoms with Gasteiger partial charge in [-0.05, 0) is 84.5 Å². The van der Waals surface area contributed by atoms with E-state index in [1.165, 1.54) is 47.9 Å². The monoisotopic (exact) mass is 323 g/mol. The summed E-state index contributed by atoms with van der Waals surface area (Å²) in [5.74, 6) is 0.986. The molecule has 2 aliphatic carbocycles.